The summed E-state index contributed by atoms with van der Waals surface area (Å²) in [6.07, 6.45) is 0.585. The molecule has 1 rings (SSSR count). The Bertz CT molecular complexity index is 530. The molecule has 0 radical (unpaired) electrons. The molecule has 0 fully saturated rings. The van der Waals surface area contributed by atoms with Crippen LogP contribution in [0.25, 0.3) is 0 Å². The third-order valence-corrected chi connectivity index (χ3v) is 3.48. The van der Waals surface area contributed by atoms with Crippen LogP contribution in [0.3, 0.4) is 0 Å². The lowest BCUT2D eigenvalue weighted by atomic mass is 9.99. The van der Waals surface area contributed by atoms with E-state index in [-0.39, 0.29) is 31.7 Å². The molecule has 1 aromatic rings. The number of carbonyl (C=O) groups excluding carboxylic acids is 2. The van der Waals surface area contributed by atoms with Gasteiger partial charge in [-0.15, -0.1) is 0 Å². The largest absolute Gasteiger partial charge is 0.480 e. The number of carbonyl (C=O) groups is 3. The van der Waals surface area contributed by atoms with Gasteiger partial charge in [0.15, 0.2) is 0 Å². The van der Waals surface area contributed by atoms with Crippen LogP contribution >= 0.6 is 0 Å². The predicted octanol–water partition coefficient (Wildman–Crippen LogP) is 1.10. The molecular weight excluding hydrogens is 284 g/mol. The highest BCUT2D eigenvalue weighted by Crippen LogP contribution is 2.09. The Balaban J connectivity index is 2.33. The number of nitrogens with one attached hydrogen (secondary N) is 2. The fourth-order valence-corrected chi connectivity index (χ4v) is 1.82. The molecule has 0 aliphatic heterocycles. The van der Waals surface area contributed by atoms with Gasteiger partial charge in [0.1, 0.15) is 5.54 Å². The summed E-state index contributed by atoms with van der Waals surface area (Å²) in [6, 6.07) is 9.29. The molecule has 22 heavy (non-hydrogen) atoms. The maximum Gasteiger partial charge on any atom is 0.329 e. The number of rotatable bonds is 8. The van der Waals surface area contributed by atoms with E-state index >= 15 is 0 Å². The van der Waals surface area contributed by atoms with E-state index in [1.165, 1.54) is 6.92 Å². The summed E-state index contributed by atoms with van der Waals surface area (Å²) in [5.74, 6) is -1.64. The number of amides is 2. The summed E-state index contributed by atoms with van der Waals surface area (Å²) in [4.78, 5) is 34.5. The van der Waals surface area contributed by atoms with Crippen LogP contribution < -0.4 is 10.6 Å². The Hall–Kier alpha value is -2.37. The monoisotopic (exact) mass is 306 g/mol. The van der Waals surface area contributed by atoms with E-state index in [1.54, 1.807) is 6.92 Å². The predicted molar refractivity (Wildman–Crippen MR) is 82.2 cm³/mol. The molecule has 1 atom stereocenters. The molecule has 3 N–H and O–H groups in total. The van der Waals surface area contributed by atoms with Crippen LogP contribution in [0, 0.1) is 0 Å². The van der Waals surface area contributed by atoms with E-state index in [0.717, 1.165) is 5.56 Å². The second kappa shape index (κ2) is 8.17. The summed E-state index contributed by atoms with van der Waals surface area (Å²) >= 11 is 0. The zero-order valence-electron chi connectivity index (χ0n) is 12.9. The van der Waals surface area contributed by atoms with Gasteiger partial charge in [0.05, 0.1) is 6.42 Å². The molecular formula is C16H22N2O4. The van der Waals surface area contributed by atoms with Crippen molar-refractivity contribution >= 4 is 17.8 Å². The van der Waals surface area contributed by atoms with Crippen molar-refractivity contribution in [1.82, 2.24) is 10.6 Å². The molecule has 2 amide bonds. The van der Waals surface area contributed by atoms with Crippen molar-refractivity contribution in [3.8, 4) is 0 Å². The van der Waals surface area contributed by atoms with Gasteiger partial charge in [0, 0.05) is 13.0 Å². The molecule has 0 heterocycles. The zero-order valence-corrected chi connectivity index (χ0v) is 12.9. The Labute approximate surface area is 129 Å². The molecule has 6 heteroatoms. The fraction of sp³-hybridized carbons (Fsp3) is 0.438. The first kappa shape index (κ1) is 17.7. The first-order valence-electron chi connectivity index (χ1n) is 7.22. The Morgan fingerprint density at radius 3 is 2.32 bits per heavy atom. The highest BCUT2D eigenvalue weighted by molar-refractivity contribution is 5.87. The minimum atomic E-state index is -1.27. The average Bonchev–Trinajstić information content (AvgIpc) is 2.47. The first-order valence-corrected chi connectivity index (χ1v) is 7.22. The van der Waals surface area contributed by atoms with Gasteiger partial charge in [-0.25, -0.2) is 4.79 Å². The van der Waals surface area contributed by atoms with Gasteiger partial charge in [-0.3, -0.25) is 9.59 Å². The maximum atomic E-state index is 11.7. The van der Waals surface area contributed by atoms with E-state index in [0.29, 0.717) is 0 Å². The molecule has 0 saturated heterocycles. The molecule has 1 aromatic carbocycles. The van der Waals surface area contributed by atoms with E-state index in [2.05, 4.69) is 10.6 Å². The number of hydrogen-bond acceptors (Lipinski definition) is 3. The van der Waals surface area contributed by atoms with Crippen molar-refractivity contribution in [2.24, 2.45) is 0 Å². The minimum absolute atomic E-state index is 0.0450. The second-order valence-electron chi connectivity index (χ2n) is 5.30. The number of hydrogen-bond donors (Lipinski definition) is 3. The van der Waals surface area contributed by atoms with Crippen molar-refractivity contribution in [1.29, 1.82) is 0 Å². The van der Waals surface area contributed by atoms with Crippen LogP contribution in [0.4, 0.5) is 0 Å². The van der Waals surface area contributed by atoms with Crippen molar-refractivity contribution in [2.45, 2.75) is 38.6 Å². The molecule has 0 spiro atoms. The van der Waals surface area contributed by atoms with Gasteiger partial charge in [-0.05, 0) is 18.9 Å². The molecule has 120 valence electrons. The van der Waals surface area contributed by atoms with Gasteiger partial charge in [-0.1, -0.05) is 37.3 Å². The molecule has 0 aliphatic carbocycles. The Morgan fingerprint density at radius 1 is 1.14 bits per heavy atom. The molecule has 0 aliphatic rings. The lowest BCUT2D eigenvalue weighted by Gasteiger charge is -2.24. The van der Waals surface area contributed by atoms with Crippen LogP contribution in [0.2, 0.25) is 0 Å². The minimum Gasteiger partial charge on any atom is -0.480 e. The smallest absolute Gasteiger partial charge is 0.329 e. The standard InChI is InChI=1S/C16H22N2O4/c1-3-16(2,15(21)22)18-13(19)9-10-17-14(20)11-12-7-5-4-6-8-12/h4-8H,3,9-11H2,1-2H3,(H,17,20)(H,18,19)(H,21,22). The fourth-order valence-electron chi connectivity index (χ4n) is 1.82. The highest BCUT2D eigenvalue weighted by atomic mass is 16.4. The quantitative estimate of drug-likeness (QED) is 0.670. The number of carboxylic acid groups (broad SMARTS) is 1. The summed E-state index contributed by atoms with van der Waals surface area (Å²) < 4.78 is 0. The summed E-state index contributed by atoms with van der Waals surface area (Å²) in [5.41, 5.74) is -0.376. The van der Waals surface area contributed by atoms with Crippen LogP contribution in [0.1, 0.15) is 32.3 Å². The molecule has 0 saturated carbocycles. The van der Waals surface area contributed by atoms with E-state index in [1.807, 2.05) is 30.3 Å². The number of benzene rings is 1. The Morgan fingerprint density at radius 2 is 1.77 bits per heavy atom. The number of aliphatic carboxylic acids is 1. The van der Waals surface area contributed by atoms with E-state index in [9.17, 15) is 14.4 Å². The molecule has 0 bridgehead atoms. The zero-order chi connectivity index (χ0) is 16.6. The summed E-state index contributed by atoms with van der Waals surface area (Å²) in [5, 5.41) is 14.2. The second-order valence-corrected chi connectivity index (χ2v) is 5.30. The van der Waals surface area contributed by atoms with E-state index in [4.69, 9.17) is 5.11 Å². The molecule has 6 nitrogen and oxygen atoms in total. The average molecular weight is 306 g/mol. The normalized spacial score (nSPS) is 13.0. The summed E-state index contributed by atoms with van der Waals surface area (Å²) in [6.45, 7) is 3.33. The highest BCUT2D eigenvalue weighted by Gasteiger charge is 2.32. The lowest BCUT2D eigenvalue weighted by molar-refractivity contribution is -0.147. The molecule has 1 unspecified atom stereocenters. The third-order valence-electron chi connectivity index (χ3n) is 3.48. The van der Waals surface area contributed by atoms with Crippen LogP contribution in [0.5, 0.6) is 0 Å². The first-order chi connectivity index (χ1) is 10.4. The van der Waals surface area contributed by atoms with Crippen molar-refractivity contribution in [3.05, 3.63) is 35.9 Å². The van der Waals surface area contributed by atoms with Crippen LogP contribution in [-0.4, -0.2) is 35.0 Å². The molecule has 0 aromatic heterocycles. The van der Waals surface area contributed by atoms with Gasteiger partial charge in [0.25, 0.3) is 0 Å². The van der Waals surface area contributed by atoms with Crippen molar-refractivity contribution in [2.75, 3.05) is 6.54 Å². The van der Waals surface area contributed by atoms with Crippen LogP contribution in [0.15, 0.2) is 30.3 Å². The third kappa shape index (κ3) is 5.55. The summed E-state index contributed by atoms with van der Waals surface area (Å²) in [7, 11) is 0. The van der Waals surface area contributed by atoms with Gasteiger partial charge < -0.3 is 15.7 Å². The maximum absolute atomic E-state index is 11.7. The van der Waals surface area contributed by atoms with Gasteiger partial charge in [0.2, 0.25) is 11.8 Å². The van der Waals surface area contributed by atoms with Crippen LogP contribution in [-0.2, 0) is 20.8 Å². The van der Waals surface area contributed by atoms with Gasteiger partial charge >= 0.3 is 5.97 Å². The van der Waals surface area contributed by atoms with E-state index < -0.39 is 17.4 Å². The van der Waals surface area contributed by atoms with Crippen molar-refractivity contribution in [3.63, 3.8) is 0 Å². The number of carboxylic acids is 1. The SMILES string of the molecule is CCC(C)(NC(=O)CCNC(=O)Cc1ccccc1)C(=O)O. The van der Waals surface area contributed by atoms with Gasteiger partial charge in [-0.2, -0.15) is 0 Å². The topological polar surface area (TPSA) is 95.5 Å². The Kier molecular flexibility index (Phi) is 6.56. The van der Waals surface area contributed by atoms with Crippen molar-refractivity contribution < 1.29 is 19.5 Å². The lowest BCUT2D eigenvalue weighted by Crippen LogP contribution is -2.52.